The van der Waals surface area contributed by atoms with Gasteiger partial charge in [0.15, 0.2) is 0 Å². The molecule has 1 nitrogen and oxygen atoms in total. The molecule has 0 N–H and O–H groups in total. The Balaban J connectivity index is 1.81. The van der Waals surface area contributed by atoms with Gasteiger partial charge in [0.05, 0.1) is 0 Å². The van der Waals surface area contributed by atoms with Crippen LogP contribution in [-0.4, -0.2) is 0 Å². The molecule has 20 heavy (non-hydrogen) atoms. The van der Waals surface area contributed by atoms with Gasteiger partial charge in [-0.25, -0.2) is 0 Å². The fourth-order valence-electron chi connectivity index (χ4n) is 3.40. The molecule has 0 amide bonds. The van der Waals surface area contributed by atoms with Gasteiger partial charge in [-0.3, -0.25) is 0 Å². The number of aryl methyl sites for hydroxylation is 1. The van der Waals surface area contributed by atoms with E-state index in [0.29, 0.717) is 5.92 Å². The van der Waals surface area contributed by atoms with Gasteiger partial charge in [0.1, 0.15) is 11.5 Å². The first-order valence-electron chi connectivity index (χ1n) is 7.38. The summed E-state index contributed by atoms with van der Waals surface area (Å²) in [5, 5.41) is 0. The summed E-state index contributed by atoms with van der Waals surface area (Å²) in [6, 6.07) is 8.68. The molecule has 0 saturated heterocycles. The van der Waals surface area contributed by atoms with Gasteiger partial charge in [-0.2, -0.15) is 0 Å². The summed E-state index contributed by atoms with van der Waals surface area (Å²) in [5.74, 6) is 2.73. The van der Waals surface area contributed by atoms with Crippen LogP contribution in [0.3, 0.4) is 0 Å². The number of allylic oxidation sites excluding steroid dienone is 6. The molecular weight excluding hydrogens is 244 g/mol. The first kappa shape index (κ1) is 11.8. The van der Waals surface area contributed by atoms with E-state index in [2.05, 4.69) is 55.5 Å². The molecule has 0 aromatic heterocycles. The van der Waals surface area contributed by atoms with Crippen molar-refractivity contribution >= 4 is 5.57 Å². The molecule has 1 aliphatic heterocycles. The van der Waals surface area contributed by atoms with Crippen LogP contribution < -0.4 is 0 Å². The maximum absolute atomic E-state index is 6.20. The molecule has 1 atom stereocenters. The Kier molecular flexibility index (Phi) is 2.66. The predicted molar refractivity (Wildman–Crippen MR) is 81.8 cm³/mol. The largest absolute Gasteiger partial charge is 0.460 e. The van der Waals surface area contributed by atoms with E-state index in [1.54, 1.807) is 0 Å². The molecule has 0 bridgehead atoms. The van der Waals surface area contributed by atoms with Crippen molar-refractivity contribution in [3.63, 3.8) is 0 Å². The molecule has 0 radical (unpaired) electrons. The highest BCUT2D eigenvalue weighted by Gasteiger charge is 2.34. The normalized spacial score (nSPS) is 23.8. The summed E-state index contributed by atoms with van der Waals surface area (Å²) in [7, 11) is 0. The van der Waals surface area contributed by atoms with E-state index in [4.69, 9.17) is 4.74 Å². The number of benzene rings is 1. The van der Waals surface area contributed by atoms with Crippen LogP contribution in [0.25, 0.3) is 5.57 Å². The number of ether oxygens (including phenoxy) is 1. The SMILES string of the molecule is Cc1cccc(C2=C3OC4=C(CCC=C4)C3CC=C2)c1. The summed E-state index contributed by atoms with van der Waals surface area (Å²) in [4.78, 5) is 0. The van der Waals surface area contributed by atoms with E-state index in [0.717, 1.165) is 30.8 Å². The fraction of sp³-hybridized carbons (Fsp3) is 0.263. The Morgan fingerprint density at radius 2 is 2.10 bits per heavy atom. The molecule has 0 saturated carbocycles. The van der Waals surface area contributed by atoms with Crippen LogP contribution in [0.5, 0.6) is 0 Å². The Morgan fingerprint density at radius 3 is 3.00 bits per heavy atom. The minimum absolute atomic E-state index is 0.468. The Labute approximate surface area is 120 Å². The van der Waals surface area contributed by atoms with E-state index in [1.165, 1.54) is 22.3 Å². The first-order valence-corrected chi connectivity index (χ1v) is 7.38. The van der Waals surface area contributed by atoms with Crippen molar-refractivity contribution in [2.45, 2.75) is 26.2 Å². The highest BCUT2D eigenvalue weighted by molar-refractivity contribution is 5.78. The molecule has 1 aromatic carbocycles. The number of fused-ring (bicyclic) bond motifs is 2. The molecular formula is C19H18O. The predicted octanol–water partition coefficient (Wildman–Crippen LogP) is 4.92. The molecule has 1 heteroatoms. The molecule has 0 spiro atoms. The zero-order valence-electron chi connectivity index (χ0n) is 11.7. The van der Waals surface area contributed by atoms with Crippen LogP contribution in [0.15, 0.2) is 65.7 Å². The van der Waals surface area contributed by atoms with Gasteiger partial charge in [-0.15, -0.1) is 0 Å². The smallest absolute Gasteiger partial charge is 0.126 e. The van der Waals surface area contributed by atoms with Crippen molar-refractivity contribution in [1.82, 2.24) is 0 Å². The summed E-state index contributed by atoms with van der Waals surface area (Å²) < 4.78 is 6.20. The quantitative estimate of drug-likeness (QED) is 0.698. The average Bonchev–Trinajstić information content (AvgIpc) is 2.86. The van der Waals surface area contributed by atoms with Crippen molar-refractivity contribution in [3.05, 3.63) is 76.8 Å². The van der Waals surface area contributed by atoms with Crippen molar-refractivity contribution in [1.29, 1.82) is 0 Å². The standard InChI is InChI=1S/C19H18O/c1-13-6-4-7-14(12-13)15-9-5-10-17-16-8-2-3-11-18(16)20-19(15)17/h3-7,9,11-12,17H,2,8,10H2,1H3. The zero-order chi connectivity index (χ0) is 13.5. The van der Waals surface area contributed by atoms with Crippen LogP contribution in [-0.2, 0) is 4.74 Å². The topological polar surface area (TPSA) is 9.23 Å². The van der Waals surface area contributed by atoms with E-state index in [1.807, 2.05) is 0 Å². The second kappa shape index (κ2) is 4.52. The minimum atomic E-state index is 0.468. The van der Waals surface area contributed by atoms with Gasteiger partial charge < -0.3 is 4.74 Å². The van der Waals surface area contributed by atoms with E-state index < -0.39 is 0 Å². The van der Waals surface area contributed by atoms with Crippen LogP contribution >= 0.6 is 0 Å². The van der Waals surface area contributed by atoms with E-state index in [9.17, 15) is 0 Å². The monoisotopic (exact) mass is 262 g/mol. The first-order chi connectivity index (χ1) is 9.83. The van der Waals surface area contributed by atoms with E-state index in [-0.39, 0.29) is 0 Å². The van der Waals surface area contributed by atoms with Gasteiger partial charge in [0.2, 0.25) is 0 Å². The lowest BCUT2D eigenvalue weighted by atomic mass is 9.83. The Hall–Kier alpha value is -2.02. The van der Waals surface area contributed by atoms with Gasteiger partial charge in [0.25, 0.3) is 0 Å². The van der Waals surface area contributed by atoms with Crippen LogP contribution in [0, 0.1) is 12.8 Å². The molecule has 1 aromatic rings. The molecule has 4 rings (SSSR count). The highest BCUT2D eigenvalue weighted by Crippen LogP contribution is 2.46. The van der Waals surface area contributed by atoms with Gasteiger partial charge >= 0.3 is 0 Å². The molecule has 1 heterocycles. The molecule has 1 unspecified atom stereocenters. The lowest BCUT2D eigenvalue weighted by molar-refractivity contribution is 0.319. The third-order valence-corrected chi connectivity index (χ3v) is 4.37. The van der Waals surface area contributed by atoms with Crippen LogP contribution in [0.2, 0.25) is 0 Å². The minimum Gasteiger partial charge on any atom is -0.460 e. The second-order valence-corrected chi connectivity index (χ2v) is 5.77. The molecule has 0 fully saturated rings. The fourth-order valence-corrected chi connectivity index (χ4v) is 3.40. The summed E-state index contributed by atoms with van der Waals surface area (Å²) in [6.07, 6.45) is 12.3. The van der Waals surface area contributed by atoms with Gasteiger partial charge in [-0.1, -0.05) is 48.1 Å². The third kappa shape index (κ3) is 1.77. The third-order valence-electron chi connectivity index (χ3n) is 4.37. The Morgan fingerprint density at radius 1 is 1.15 bits per heavy atom. The van der Waals surface area contributed by atoms with Crippen molar-refractivity contribution in [2.24, 2.45) is 5.92 Å². The van der Waals surface area contributed by atoms with Crippen LogP contribution in [0.1, 0.15) is 30.4 Å². The summed E-state index contributed by atoms with van der Waals surface area (Å²) in [5.41, 5.74) is 5.32. The lowest BCUT2D eigenvalue weighted by Crippen LogP contribution is -2.07. The molecule has 2 aliphatic carbocycles. The zero-order valence-corrected chi connectivity index (χ0v) is 11.7. The molecule has 3 aliphatic rings. The van der Waals surface area contributed by atoms with E-state index >= 15 is 0 Å². The number of hydrogen-bond donors (Lipinski definition) is 0. The Bertz CT molecular complexity index is 685. The number of hydrogen-bond acceptors (Lipinski definition) is 1. The molecule has 100 valence electrons. The van der Waals surface area contributed by atoms with Crippen LogP contribution in [0.4, 0.5) is 0 Å². The lowest BCUT2D eigenvalue weighted by Gasteiger charge is -2.19. The summed E-state index contributed by atoms with van der Waals surface area (Å²) in [6.45, 7) is 2.14. The number of rotatable bonds is 1. The highest BCUT2D eigenvalue weighted by atomic mass is 16.5. The second-order valence-electron chi connectivity index (χ2n) is 5.77. The van der Waals surface area contributed by atoms with Crippen molar-refractivity contribution in [3.8, 4) is 0 Å². The average molecular weight is 262 g/mol. The van der Waals surface area contributed by atoms with Crippen molar-refractivity contribution < 1.29 is 4.74 Å². The van der Waals surface area contributed by atoms with Gasteiger partial charge in [-0.05, 0) is 43.4 Å². The summed E-state index contributed by atoms with van der Waals surface area (Å²) >= 11 is 0. The van der Waals surface area contributed by atoms with Crippen molar-refractivity contribution in [2.75, 3.05) is 0 Å². The van der Waals surface area contributed by atoms with Gasteiger partial charge in [0, 0.05) is 11.5 Å². The maximum Gasteiger partial charge on any atom is 0.126 e. The maximum atomic E-state index is 6.20.